The highest BCUT2D eigenvalue weighted by Gasteiger charge is 2.04. The van der Waals surface area contributed by atoms with Crippen LogP contribution in [0, 0.1) is 6.92 Å². The van der Waals surface area contributed by atoms with Crippen LogP contribution < -0.4 is 5.73 Å². The molecule has 0 unspecified atom stereocenters. The Morgan fingerprint density at radius 3 is 2.87 bits per heavy atom. The van der Waals surface area contributed by atoms with Gasteiger partial charge in [-0.1, -0.05) is 13.0 Å². The molecule has 2 rings (SSSR count). The van der Waals surface area contributed by atoms with Crippen LogP contribution in [-0.2, 0) is 6.42 Å². The van der Waals surface area contributed by atoms with E-state index < -0.39 is 0 Å². The third kappa shape index (κ3) is 1.70. The number of nitrogens with zero attached hydrogens (tertiary/aromatic N) is 3. The van der Waals surface area contributed by atoms with E-state index in [0.717, 1.165) is 29.2 Å². The quantitative estimate of drug-likeness (QED) is 0.754. The van der Waals surface area contributed by atoms with Crippen LogP contribution in [0.2, 0.25) is 0 Å². The predicted molar refractivity (Wildman–Crippen MR) is 59.9 cm³/mol. The molecule has 0 saturated carbocycles. The van der Waals surface area contributed by atoms with Gasteiger partial charge in [0.2, 0.25) is 0 Å². The topological polar surface area (TPSA) is 56.7 Å². The van der Waals surface area contributed by atoms with Crippen molar-refractivity contribution in [2.75, 3.05) is 5.73 Å². The van der Waals surface area contributed by atoms with E-state index >= 15 is 0 Å². The van der Waals surface area contributed by atoms with Gasteiger partial charge in [-0.3, -0.25) is 4.57 Å². The van der Waals surface area contributed by atoms with Crippen molar-refractivity contribution in [3.63, 3.8) is 0 Å². The minimum absolute atomic E-state index is 0.795. The highest BCUT2D eigenvalue weighted by molar-refractivity contribution is 5.53. The summed E-state index contributed by atoms with van der Waals surface area (Å²) in [5.74, 6) is 0.943. The van der Waals surface area contributed by atoms with Crippen molar-refractivity contribution in [2.45, 2.75) is 20.3 Å². The average Bonchev–Trinajstić information content (AvgIpc) is 2.70. The Labute approximate surface area is 88.8 Å². The molecule has 4 nitrogen and oxygen atoms in total. The van der Waals surface area contributed by atoms with Crippen LogP contribution in [0.1, 0.15) is 18.3 Å². The van der Waals surface area contributed by atoms with Crippen LogP contribution in [-0.4, -0.2) is 14.8 Å². The van der Waals surface area contributed by atoms with Crippen LogP contribution in [0.4, 0.5) is 5.69 Å². The second-order valence-electron chi connectivity index (χ2n) is 3.51. The minimum Gasteiger partial charge on any atom is -0.398 e. The van der Waals surface area contributed by atoms with Crippen molar-refractivity contribution in [3.8, 4) is 5.69 Å². The van der Waals surface area contributed by atoms with E-state index in [-0.39, 0.29) is 0 Å². The molecule has 4 heteroatoms. The van der Waals surface area contributed by atoms with E-state index in [1.807, 2.05) is 29.7 Å². The predicted octanol–water partition coefficient (Wildman–Crippen LogP) is 1.72. The molecule has 1 heterocycles. The van der Waals surface area contributed by atoms with Gasteiger partial charge >= 0.3 is 0 Å². The number of aryl methyl sites for hydroxylation is 2. The lowest BCUT2D eigenvalue weighted by Crippen LogP contribution is -2.00. The molecule has 1 aromatic carbocycles. The summed E-state index contributed by atoms with van der Waals surface area (Å²) in [6, 6.07) is 5.97. The maximum Gasteiger partial charge on any atom is 0.137 e. The smallest absolute Gasteiger partial charge is 0.137 e. The van der Waals surface area contributed by atoms with E-state index in [4.69, 9.17) is 5.73 Å². The number of nitrogens with two attached hydrogens (primary N) is 1. The number of nitrogen functional groups attached to an aromatic ring is 1. The zero-order chi connectivity index (χ0) is 10.8. The van der Waals surface area contributed by atoms with Gasteiger partial charge in [-0.05, 0) is 24.6 Å². The Morgan fingerprint density at radius 1 is 1.40 bits per heavy atom. The van der Waals surface area contributed by atoms with Gasteiger partial charge in [0, 0.05) is 12.1 Å². The van der Waals surface area contributed by atoms with Crippen LogP contribution in [0.3, 0.4) is 0 Å². The molecule has 15 heavy (non-hydrogen) atoms. The second-order valence-corrected chi connectivity index (χ2v) is 3.51. The van der Waals surface area contributed by atoms with Crippen LogP contribution in [0.5, 0.6) is 0 Å². The van der Waals surface area contributed by atoms with E-state index in [2.05, 4.69) is 17.1 Å². The van der Waals surface area contributed by atoms with Crippen molar-refractivity contribution in [2.24, 2.45) is 0 Å². The molecule has 0 aliphatic heterocycles. The molecule has 0 spiro atoms. The van der Waals surface area contributed by atoms with Crippen LogP contribution in [0.15, 0.2) is 24.5 Å². The molecule has 2 N–H and O–H groups in total. The first-order valence-corrected chi connectivity index (χ1v) is 4.97. The summed E-state index contributed by atoms with van der Waals surface area (Å²) in [4.78, 5) is 0. The Bertz CT molecular complexity index is 473. The van der Waals surface area contributed by atoms with Gasteiger partial charge in [0.15, 0.2) is 0 Å². The number of hydrogen-bond donors (Lipinski definition) is 1. The van der Waals surface area contributed by atoms with Crippen LogP contribution in [0.25, 0.3) is 5.69 Å². The van der Waals surface area contributed by atoms with E-state index in [1.54, 1.807) is 6.33 Å². The number of hydrogen-bond acceptors (Lipinski definition) is 3. The zero-order valence-corrected chi connectivity index (χ0v) is 8.94. The standard InChI is InChI=1S/C11H14N4/c1-3-11-14-13-7-15(11)9-5-4-8(2)10(12)6-9/h4-7H,3,12H2,1-2H3. The highest BCUT2D eigenvalue weighted by atomic mass is 15.3. The SMILES string of the molecule is CCc1nncn1-c1ccc(C)c(N)c1. The van der Waals surface area contributed by atoms with Gasteiger partial charge in [0.1, 0.15) is 12.2 Å². The summed E-state index contributed by atoms with van der Waals surface area (Å²) in [5.41, 5.74) is 8.76. The first-order valence-electron chi connectivity index (χ1n) is 4.97. The van der Waals surface area contributed by atoms with Crippen molar-refractivity contribution < 1.29 is 0 Å². The fraction of sp³-hybridized carbons (Fsp3) is 0.273. The van der Waals surface area contributed by atoms with Gasteiger partial charge in [0.25, 0.3) is 0 Å². The molecule has 0 saturated heterocycles. The number of anilines is 1. The van der Waals surface area contributed by atoms with Crippen molar-refractivity contribution in [3.05, 3.63) is 35.9 Å². The minimum atomic E-state index is 0.795. The first kappa shape index (κ1) is 9.71. The Hall–Kier alpha value is -1.84. The summed E-state index contributed by atoms with van der Waals surface area (Å²) in [6.45, 7) is 4.05. The summed E-state index contributed by atoms with van der Waals surface area (Å²) in [5, 5.41) is 7.93. The fourth-order valence-electron chi connectivity index (χ4n) is 1.49. The molecule has 0 atom stereocenters. The molecule has 0 amide bonds. The molecule has 2 aromatic rings. The van der Waals surface area contributed by atoms with Crippen molar-refractivity contribution in [1.29, 1.82) is 0 Å². The Morgan fingerprint density at radius 2 is 2.20 bits per heavy atom. The van der Waals surface area contributed by atoms with Gasteiger partial charge in [-0.2, -0.15) is 0 Å². The largest absolute Gasteiger partial charge is 0.398 e. The average molecular weight is 202 g/mol. The lowest BCUT2D eigenvalue weighted by Gasteiger charge is -2.07. The first-order chi connectivity index (χ1) is 7.22. The molecule has 78 valence electrons. The lowest BCUT2D eigenvalue weighted by molar-refractivity contribution is 0.883. The van der Waals surface area contributed by atoms with Gasteiger partial charge in [0.05, 0.1) is 5.69 Å². The molecule has 0 aliphatic rings. The monoisotopic (exact) mass is 202 g/mol. The molecule has 0 bridgehead atoms. The molecule has 0 fully saturated rings. The van der Waals surface area contributed by atoms with Crippen molar-refractivity contribution in [1.82, 2.24) is 14.8 Å². The van der Waals surface area contributed by atoms with E-state index in [9.17, 15) is 0 Å². The molecular weight excluding hydrogens is 188 g/mol. The van der Waals surface area contributed by atoms with E-state index in [1.165, 1.54) is 0 Å². The zero-order valence-electron chi connectivity index (χ0n) is 8.94. The Balaban J connectivity index is 2.50. The summed E-state index contributed by atoms with van der Waals surface area (Å²) >= 11 is 0. The summed E-state index contributed by atoms with van der Waals surface area (Å²) in [7, 11) is 0. The number of rotatable bonds is 2. The Kier molecular flexibility index (Phi) is 2.41. The molecule has 1 aromatic heterocycles. The molecular formula is C11H14N4. The van der Waals surface area contributed by atoms with Gasteiger partial charge in [-0.15, -0.1) is 10.2 Å². The molecule has 0 radical (unpaired) electrons. The lowest BCUT2D eigenvalue weighted by atomic mass is 10.2. The second kappa shape index (κ2) is 3.73. The van der Waals surface area contributed by atoms with E-state index in [0.29, 0.717) is 0 Å². The number of aromatic nitrogens is 3. The third-order valence-electron chi connectivity index (χ3n) is 2.48. The maximum absolute atomic E-state index is 5.86. The highest BCUT2D eigenvalue weighted by Crippen LogP contribution is 2.17. The fourth-order valence-corrected chi connectivity index (χ4v) is 1.49. The third-order valence-corrected chi connectivity index (χ3v) is 2.48. The maximum atomic E-state index is 5.86. The van der Waals surface area contributed by atoms with Crippen LogP contribution >= 0.6 is 0 Å². The summed E-state index contributed by atoms with van der Waals surface area (Å²) < 4.78 is 1.95. The summed E-state index contributed by atoms with van der Waals surface area (Å²) in [6.07, 6.45) is 2.57. The normalized spacial score (nSPS) is 10.5. The molecule has 0 aliphatic carbocycles. The van der Waals surface area contributed by atoms with Crippen molar-refractivity contribution >= 4 is 5.69 Å². The van der Waals surface area contributed by atoms with Gasteiger partial charge < -0.3 is 5.73 Å². The number of benzene rings is 1. The van der Waals surface area contributed by atoms with Gasteiger partial charge in [-0.25, -0.2) is 0 Å².